The highest BCUT2D eigenvalue weighted by Gasteiger charge is 2.23. The fraction of sp³-hybridized carbons (Fsp3) is 0.611. The second kappa shape index (κ2) is 9.11. The molecule has 1 fully saturated rings. The number of hydrogen-bond acceptors (Lipinski definition) is 5. The zero-order valence-electron chi connectivity index (χ0n) is 14.5. The van der Waals surface area contributed by atoms with Crippen LogP contribution in [0.1, 0.15) is 35.2 Å². The van der Waals surface area contributed by atoms with Crippen LogP contribution in [0, 0.1) is 5.82 Å². The van der Waals surface area contributed by atoms with Crippen LogP contribution in [0.25, 0.3) is 0 Å². The molecule has 1 aliphatic heterocycles. The van der Waals surface area contributed by atoms with Gasteiger partial charge < -0.3 is 14.7 Å². The van der Waals surface area contributed by atoms with Crippen LogP contribution in [0.4, 0.5) is 4.39 Å². The van der Waals surface area contributed by atoms with Crippen molar-refractivity contribution >= 4 is 5.97 Å². The van der Waals surface area contributed by atoms with Crippen LogP contribution in [-0.2, 0) is 11.3 Å². The van der Waals surface area contributed by atoms with E-state index in [9.17, 15) is 9.18 Å². The van der Waals surface area contributed by atoms with E-state index in [2.05, 4.69) is 21.6 Å². The summed E-state index contributed by atoms with van der Waals surface area (Å²) in [5.41, 5.74) is 0.845. The molecule has 6 heteroatoms. The first-order valence-corrected chi connectivity index (χ1v) is 8.45. The third-order valence-corrected chi connectivity index (χ3v) is 4.72. The molecule has 0 unspecified atom stereocenters. The van der Waals surface area contributed by atoms with Crippen molar-refractivity contribution < 1.29 is 19.0 Å². The SMILES string of the molecule is COC(=O)c1ccc(CN2CCC(N(C)CCCO)CC2)c(F)c1. The Hall–Kier alpha value is -1.50. The highest BCUT2D eigenvalue weighted by molar-refractivity contribution is 5.89. The molecule has 0 amide bonds. The zero-order valence-corrected chi connectivity index (χ0v) is 14.5. The summed E-state index contributed by atoms with van der Waals surface area (Å²) in [4.78, 5) is 16.0. The molecule has 1 N–H and O–H groups in total. The summed E-state index contributed by atoms with van der Waals surface area (Å²) in [6, 6.07) is 5.05. The van der Waals surface area contributed by atoms with Crippen molar-refractivity contribution in [3.8, 4) is 0 Å². The molecule has 0 atom stereocenters. The number of carbonyl (C=O) groups excluding carboxylic acids is 1. The third-order valence-electron chi connectivity index (χ3n) is 4.72. The monoisotopic (exact) mass is 338 g/mol. The normalized spacial score (nSPS) is 16.5. The molecule has 0 aromatic heterocycles. The molecule has 2 rings (SSSR count). The minimum absolute atomic E-state index is 0.226. The van der Waals surface area contributed by atoms with Crippen LogP contribution in [0.3, 0.4) is 0 Å². The third kappa shape index (κ3) is 5.00. The van der Waals surface area contributed by atoms with Crippen molar-refractivity contribution in [2.45, 2.75) is 31.8 Å². The number of piperidine rings is 1. The Morgan fingerprint density at radius 2 is 2.12 bits per heavy atom. The number of rotatable bonds is 7. The van der Waals surface area contributed by atoms with Gasteiger partial charge in [0, 0.05) is 31.3 Å². The van der Waals surface area contributed by atoms with E-state index in [4.69, 9.17) is 5.11 Å². The van der Waals surface area contributed by atoms with Gasteiger partial charge in [-0.25, -0.2) is 9.18 Å². The minimum atomic E-state index is -0.521. The number of esters is 1. The van der Waals surface area contributed by atoms with Crippen molar-refractivity contribution in [3.63, 3.8) is 0 Å². The standard InChI is InChI=1S/C18H27FN2O3/c1-20(8-3-11-22)16-6-9-21(10-7-16)13-15-5-4-14(12-17(15)19)18(23)24-2/h4-5,12,16,22H,3,6-11,13H2,1-2H3. The maximum Gasteiger partial charge on any atom is 0.337 e. The number of ether oxygens (including phenoxy) is 1. The number of carbonyl (C=O) groups is 1. The molecule has 0 spiro atoms. The van der Waals surface area contributed by atoms with Gasteiger partial charge in [0.05, 0.1) is 12.7 Å². The summed E-state index contributed by atoms with van der Waals surface area (Å²) >= 11 is 0. The quantitative estimate of drug-likeness (QED) is 0.770. The summed E-state index contributed by atoms with van der Waals surface area (Å²) in [5.74, 6) is -0.882. The number of aliphatic hydroxyl groups excluding tert-OH is 1. The van der Waals surface area contributed by atoms with Crippen molar-refractivity contribution in [3.05, 3.63) is 35.1 Å². The molecule has 1 aliphatic rings. The fourth-order valence-corrected chi connectivity index (χ4v) is 3.18. The predicted octanol–water partition coefficient (Wildman–Crippen LogP) is 1.89. The lowest BCUT2D eigenvalue weighted by Crippen LogP contribution is -2.43. The van der Waals surface area contributed by atoms with Gasteiger partial charge in [-0.15, -0.1) is 0 Å². The molecule has 0 bridgehead atoms. The van der Waals surface area contributed by atoms with Gasteiger partial charge in [-0.05, 0) is 51.5 Å². The Bertz CT molecular complexity index is 545. The van der Waals surface area contributed by atoms with Gasteiger partial charge in [-0.3, -0.25) is 4.90 Å². The van der Waals surface area contributed by atoms with Gasteiger partial charge in [0.15, 0.2) is 0 Å². The molecule has 0 saturated carbocycles. The van der Waals surface area contributed by atoms with Gasteiger partial charge in [-0.2, -0.15) is 0 Å². The largest absolute Gasteiger partial charge is 0.465 e. The molecule has 1 heterocycles. The Balaban J connectivity index is 1.86. The number of likely N-dealkylation sites (tertiary alicyclic amines) is 1. The van der Waals surface area contributed by atoms with Crippen LogP contribution in [-0.4, -0.2) is 67.3 Å². The maximum absolute atomic E-state index is 14.2. The average molecular weight is 338 g/mol. The lowest BCUT2D eigenvalue weighted by Gasteiger charge is -2.36. The van der Waals surface area contributed by atoms with Crippen LogP contribution in [0.2, 0.25) is 0 Å². The zero-order chi connectivity index (χ0) is 17.5. The summed E-state index contributed by atoms with van der Waals surface area (Å²) in [6.07, 6.45) is 2.89. The molecule has 0 radical (unpaired) electrons. The van der Waals surface area contributed by atoms with Gasteiger partial charge in [0.1, 0.15) is 5.82 Å². The van der Waals surface area contributed by atoms with E-state index in [1.165, 1.54) is 13.2 Å². The van der Waals surface area contributed by atoms with Crippen molar-refractivity contribution in [2.24, 2.45) is 0 Å². The van der Waals surface area contributed by atoms with E-state index in [0.717, 1.165) is 38.9 Å². The van der Waals surface area contributed by atoms with Gasteiger partial charge in [0.25, 0.3) is 0 Å². The van der Waals surface area contributed by atoms with Crippen LogP contribution < -0.4 is 0 Å². The maximum atomic E-state index is 14.2. The van der Waals surface area contributed by atoms with Crippen LogP contribution in [0.5, 0.6) is 0 Å². The predicted molar refractivity (Wildman–Crippen MR) is 90.4 cm³/mol. The van der Waals surface area contributed by atoms with Crippen LogP contribution >= 0.6 is 0 Å². The molecular formula is C18H27FN2O3. The molecule has 134 valence electrons. The molecule has 5 nitrogen and oxygen atoms in total. The number of hydrogen-bond donors (Lipinski definition) is 1. The van der Waals surface area contributed by atoms with Crippen molar-refractivity contribution in [1.82, 2.24) is 9.80 Å². The summed E-state index contributed by atoms with van der Waals surface area (Å²) in [5, 5.41) is 8.92. The van der Waals surface area contributed by atoms with E-state index in [0.29, 0.717) is 18.2 Å². The van der Waals surface area contributed by atoms with E-state index in [1.54, 1.807) is 12.1 Å². The van der Waals surface area contributed by atoms with E-state index < -0.39 is 5.97 Å². The highest BCUT2D eigenvalue weighted by atomic mass is 19.1. The highest BCUT2D eigenvalue weighted by Crippen LogP contribution is 2.19. The molecule has 24 heavy (non-hydrogen) atoms. The number of methoxy groups -OCH3 is 1. The van der Waals surface area contributed by atoms with Gasteiger partial charge >= 0.3 is 5.97 Å². The van der Waals surface area contributed by atoms with E-state index in [1.807, 2.05) is 0 Å². The first-order chi connectivity index (χ1) is 11.5. The molecule has 0 aliphatic carbocycles. The molecular weight excluding hydrogens is 311 g/mol. The molecule has 1 saturated heterocycles. The first-order valence-electron chi connectivity index (χ1n) is 8.45. The number of benzene rings is 1. The average Bonchev–Trinajstić information content (AvgIpc) is 2.61. The Morgan fingerprint density at radius 3 is 2.71 bits per heavy atom. The fourth-order valence-electron chi connectivity index (χ4n) is 3.18. The first kappa shape index (κ1) is 18.8. The summed E-state index contributed by atoms with van der Waals surface area (Å²) < 4.78 is 18.8. The Morgan fingerprint density at radius 1 is 1.42 bits per heavy atom. The van der Waals surface area contributed by atoms with Gasteiger partial charge in [0.2, 0.25) is 0 Å². The molecule has 1 aromatic carbocycles. The number of halogens is 1. The summed E-state index contributed by atoms with van der Waals surface area (Å²) in [7, 11) is 3.39. The smallest absolute Gasteiger partial charge is 0.337 e. The topological polar surface area (TPSA) is 53.0 Å². The Kier molecular flexibility index (Phi) is 7.15. The van der Waals surface area contributed by atoms with E-state index >= 15 is 0 Å². The minimum Gasteiger partial charge on any atom is -0.465 e. The van der Waals surface area contributed by atoms with E-state index in [-0.39, 0.29) is 18.0 Å². The van der Waals surface area contributed by atoms with Gasteiger partial charge in [-0.1, -0.05) is 6.07 Å². The lowest BCUT2D eigenvalue weighted by atomic mass is 10.0. The lowest BCUT2D eigenvalue weighted by molar-refractivity contribution is 0.0600. The number of nitrogens with zero attached hydrogens (tertiary/aromatic N) is 2. The second-order valence-corrected chi connectivity index (χ2v) is 6.36. The van der Waals surface area contributed by atoms with Crippen molar-refractivity contribution in [1.29, 1.82) is 0 Å². The van der Waals surface area contributed by atoms with Crippen LogP contribution in [0.15, 0.2) is 18.2 Å². The molecule has 1 aromatic rings. The number of aliphatic hydroxyl groups is 1. The Labute approximate surface area is 143 Å². The second-order valence-electron chi connectivity index (χ2n) is 6.36. The van der Waals surface area contributed by atoms with Crippen molar-refractivity contribution in [2.75, 3.05) is 40.4 Å². The summed E-state index contributed by atoms with van der Waals surface area (Å²) in [6.45, 7) is 3.54.